The van der Waals surface area contributed by atoms with Crippen LogP contribution in [-0.4, -0.2) is 39.1 Å². The largest absolute Gasteiger partial charge is 0.481 e. The summed E-state index contributed by atoms with van der Waals surface area (Å²) in [5, 5.41) is 6.80. The zero-order chi connectivity index (χ0) is 16.7. The first kappa shape index (κ1) is 16.7. The van der Waals surface area contributed by atoms with Crippen molar-refractivity contribution in [1.29, 1.82) is 0 Å². The zero-order valence-electron chi connectivity index (χ0n) is 13.2. The number of ether oxygens (including phenoxy) is 1. The number of carbonyl (C=O) groups is 2. The van der Waals surface area contributed by atoms with Crippen LogP contribution in [0.1, 0.15) is 30.6 Å². The molecule has 7 heteroatoms. The summed E-state index contributed by atoms with van der Waals surface area (Å²) in [5.41, 5.74) is 0.613. The molecule has 1 amide bonds. The van der Waals surface area contributed by atoms with Crippen molar-refractivity contribution in [3.63, 3.8) is 0 Å². The van der Waals surface area contributed by atoms with Crippen LogP contribution in [0, 0.1) is 0 Å². The lowest BCUT2D eigenvalue weighted by atomic mass is 10.1. The van der Waals surface area contributed by atoms with E-state index in [-0.39, 0.29) is 11.7 Å². The summed E-state index contributed by atoms with van der Waals surface area (Å²) >= 11 is 0. The molecule has 1 heterocycles. The molecule has 0 saturated carbocycles. The molecule has 1 aromatic carbocycles. The summed E-state index contributed by atoms with van der Waals surface area (Å²) in [6.07, 6.45) is 3.27. The molecule has 0 spiro atoms. The Bertz CT molecular complexity index is 638. The van der Waals surface area contributed by atoms with Crippen molar-refractivity contribution < 1.29 is 14.3 Å². The number of hydrogen-bond acceptors (Lipinski definition) is 5. The van der Waals surface area contributed by atoms with E-state index < -0.39 is 6.10 Å². The van der Waals surface area contributed by atoms with Gasteiger partial charge in [0.15, 0.2) is 11.9 Å². The van der Waals surface area contributed by atoms with E-state index >= 15 is 0 Å². The minimum absolute atomic E-state index is 0.00489. The molecule has 1 atom stereocenters. The average molecular weight is 316 g/mol. The first-order valence-corrected chi connectivity index (χ1v) is 7.44. The highest BCUT2D eigenvalue weighted by Crippen LogP contribution is 2.14. The van der Waals surface area contributed by atoms with Gasteiger partial charge in [0.1, 0.15) is 18.4 Å². The first-order valence-electron chi connectivity index (χ1n) is 7.44. The second-order valence-corrected chi connectivity index (χ2v) is 5.14. The molecule has 1 N–H and O–H groups in total. The number of ketones is 1. The van der Waals surface area contributed by atoms with E-state index in [0.717, 1.165) is 6.42 Å². The molecule has 0 bridgehead atoms. The Labute approximate surface area is 134 Å². The molecule has 0 unspecified atom stereocenters. The summed E-state index contributed by atoms with van der Waals surface area (Å²) < 4.78 is 7.27. The van der Waals surface area contributed by atoms with E-state index in [4.69, 9.17) is 4.74 Å². The summed E-state index contributed by atoms with van der Waals surface area (Å²) in [7, 11) is 0. The molecule has 0 aliphatic rings. The number of rotatable bonds is 8. The second kappa shape index (κ2) is 8.07. The Morgan fingerprint density at radius 1 is 1.30 bits per heavy atom. The number of aromatic nitrogens is 3. The van der Waals surface area contributed by atoms with Gasteiger partial charge < -0.3 is 10.1 Å². The third-order valence-electron chi connectivity index (χ3n) is 3.27. The molecule has 23 heavy (non-hydrogen) atoms. The molecule has 0 fully saturated rings. The van der Waals surface area contributed by atoms with E-state index in [2.05, 4.69) is 15.4 Å². The van der Waals surface area contributed by atoms with Crippen molar-refractivity contribution >= 4 is 11.7 Å². The lowest BCUT2D eigenvalue weighted by Crippen LogP contribution is -2.37. The number of Topliss-reactive ketones (excluding diaryl/α,β-unsaturated/α-hetero) is 1. The van der Waals surface area contributed by atoms with Crippen LogP contribution in [0.3, 0.4) is 0 Å². The highest BCUT2D eigenvalue weighted by molar-refractivity contribution is 5.94. The SMILES string of the molecule is CC(=O)c1ccc(O[C@H](C)C(=O)NCCCn2cncn2)cc1. The Hall–Kier alpha value is -2.70. The van der Waals surface area contributed by atoms with Crippen LogP contribution in [0.25, 0.3) is 0 Å². The number of aryl methyl sites for hydroxylation is 1. The fraction of sp³-hybridized carbons (Fsp3) is 0.375. The van der Waals surface area contributed by atoms with Gasteiger partial charge in [-0.15, -0.1) is 0 Å². The smallest absolute Gasteiger partial charge is 0.260 e. The maximum atomic E-state index is 12.0. The van der Waals surface area contributed by atoms with E-state index in [0.29, 0.717) is 24.4 Å². The van der Waals surface area contributed by atoms with Crippen LogP contribution in [0.15, 0.2) is 36.9 Å². The average Bonchev–Trinajstić information content (AvgIpc) is 3.05. The highest BCUT2D eigenvalue weighted by Gasteiger charge is 2.14. The molecule has 122 valence electrons. The van der Waals surface area contributed by atoms with Gasteiger partial charge in [-0.1, -0.05) is 0 Å². The van der Waals surface area contributed by atoms with Crippen molar-refractivity contribution in [1.82, 2.24) is 20.1 Å². The van der Waals surface area contributed by atoms with Gasteiger partial charge in [-0.3, -0.25) is 14.3 Å². The van der Waals surface area contributed by atoms with Crippen LogP contribution in [0.4, 0.5) is 0 Å². The zero-order valence-corrected chi connectivity index (χ0v) is 13.2. The third kappa shape index (κ3) is 5.21. The fourth-order valence-corrected chi connectivity index (χ4v) is 1.97. The maximum Gasteiger partial charge on any atom is 0.260 e. The predicted molar refractivity (Wildman–Crippen MR) is 84.2 cm³/mol. The number of amides is 1. The maximum absolute atomic E-state index is 12.0. The fourth-order valence-electron chi connectivity index (χ4n) is 1.97. The summed E-state index contributed by atoms with van der Waals surface area (Å²) in [4.78, 5) is 27.0. The molecule has 0 saturated heterocycles. The normalized spacial score (nSPS) is 11.7. The van der Waals surface area contributed by atoms with Crippen molar-refractivity contribution in [2.75, 3.05) is 6.54 Å². The van der Waals surface area contributed by atoms with E-state index in [9.17, 15) is 9.59 Å². The molecule has 0 aliphatic carbocycles. The first-order chi connectivity index (χ1) is 11.1. The van der Waals surface area contributed by atoms with Crippen LogP contribution >= 0.6 is 0 Å². The number of hydrogen-bond donors (Lipinski definition) is 1. The molecule has 2 rings (SSSR count). The minimum Gasteiger partial charge on any atom is -0.481 e. The lowest BCUT2D eigenvalue weighted by Gasteiger charge is -2.15. The third-order valence-corrected chi connectivity index (χ3v) is 3.27. The molecule has 7 nitrogen and oxygen atoms in total. The molecule has 2 aromatic rings. The monoisotopic (exact) mass is 316 g/mol. The summed E-state index contributed by atoms with van der Waals surface area (Å²) in [6.45, 7) is 4.43. The Balaban J connectivity index is 1.72. The summed E-state index contributed by atoms with van der Waals surface area (Å²) in [5.74, 6) is 0.370. The van der Waals surface area contributed by atoms with Gasteiger partial charge in [-0.25, -0.2) is 4.98 Å². The van der Waals surface area contributed by atoms with Crippen molar-refractivity contribution in [2.24, 2.45) is 0 Å². The predicted octanol–water partition coefficient (Wildman–Crippen LogP) is 1.45. The van der Waals surface area contributed by atoms with Gasteiger partial charge in [0, 0.05) is 18.7 Å². The van der Waals surface area contributed by atoms with Crippen molar-refractivity contribution in [3.05, 3.63) is 42.5 Å². The van der Waals surface area contributed by atoms with Crippen LogP contribution in [0.5, 0.6) is 5.75 Å². The van der Waals surface area contributed by atoms with E-state index in [1.807, 2.05) is 0 Å². The van der Waals surface area contributed by atoms with Gasteiger partial charge in [-0.05, 0) is 44.5 Å². The Morgan fingerprint density at radius 2 is 2.04 bits per heavy atom. The molecule has 0 radical (unpaired) electrons. The number of nitrogens with zero attached hydrogens (tertiary/aromatic N) is 3. The molecular formula is C16H20N4O3. The Morgan fingerprint density at radius 3 is 2.65 bits per heavy atom. The second-order valence-electron chi connectivity index (χ2n) is 5.14. The van der Waals surface area contributed by atoms with Gasteiger partial charge in [0.25, 0.3) is 5.91 Å². The Kier molecular flexibility index (Phi) is 5.85. The van der Waals surface area contributed by atoms with Crippen molar-refractivity contribution in [2.45, 2.75) is 32.9 Å². The van der Waals surface area contributed by atoms with Gasteiger partial charge in [-0.2, -0.15) is 5.10 Å². The van der Waals surface area contributed by atoms with E-state index in [1.165, 1.54) is 13.3 Å². The quantitative estimate of drug-likeness (QED) is 0.588. The summed E-state index contributed by atoms with van der Waals surface area (Å²) in [6, 6.07) is 6.73. The highest BCUT2D eigenvalue weighted by atomic mass is 16.5. The van der Waals surface area contributed by atoms with Gasteiger partial charge in [0.2, 0.25) is 0 Å². The molecule has 1 aromatic heterocycles. The van der Waals surface area contributed by atoms with E-state index in [1.54, 1.807) is 42.2 Å². The topological polar surface area (TPSA) is 86.1 Å². The lowest BCUT2D eigenvalue weighted by molar-refractivity contribution is -0.127. The van der Waals surface area contributed by atoms with Crippen LogP contribution < -0.4 is 10.1 Å². The molecular weight excluding hydrogens is 296 g/mol. The van der Waals surface area contributed by atoms with Crippen LogP contribution in [0.2, 0.25) is 0 Å². The number of carbonyl (C=O) groups excluding carboxylic acids is 2. The minimum atomic E-state index is -0.607. The number of nitrogens with one attached hydrogen (secondary N) is 1. The van der Waals surface area contributed by atoms with Crippen LogP contribution in [-0.2, 0) is 11.3 Å². The molecule has 0 aliphatic heterocycles. The van der Waals surface area contributed by atoms with Gasteiger partial charge in [0.05, 0.1) is 0 Å². The standard InChI is InChI=1S/C16H20N4O3/c1-12(21)14-4-6-15(7-5-14)23-13(2)16(22)18-8-3-9-20-11-17-10-19-20/h4-7,10-11,13H,3,8-9H2,1-2H3,(H,18,22)/t13-/m1/s1. The van der Waals surface area contributed by atoms with Crippen molar-refractivity contribution in [3.8, 4) is 5.75 Å². The number of benzene rings is 1. The van der Waals surface area contributed by atoms with Gasteiger partial charge >= 0.3 is 0 Å².